The number of rotatable bonds is 3. The van der Waals surface area contributed by atoms with Crippen LogP contribution in [0.15, 0.2) is 30.3 Å². The summed E-state index contributed by atoms with van der Waals surface area (Å²) in [5.41, 5.74) is 0.757. The summed E-state index contributed by atoms with van der Waals surface area (Å²) in [5.74, 6) is 0. The summed E-state index contributed by atoms with van der Waals surface area (Å²) in [7, 11) is 0. The lowest BCUT2D eigenvalue weighted by atomic mass is 10.1. The molecule has 1 rings (SSSR count). The number of alkyl carbamates (subject to hydrolysis) is 1. The predicted molar refractivity (Wildman–Crippen MR) is 69.0 cm³/mol. The van der Waals surface area contributed by atoms with Gasteiger partial charge in [0.25, 0.3) is 0 Å². The van der Waals surface area contributed by atoms with Gasteiger partial charge in [0.05, 0.1) is 0 Å². The molecule has 1 amide bonds. The van der Waals surface area contributed by atoms with E-state index in [1.165, 1.54) is 5.56 Å². The van der Waals surface area contributed by atoms with Crippen molar-refractivity contribution >= 4 is 6.09 Å². The van der Waals surface area contributed by atoms with Crippen molar-refractivity contribution in [3.63, 3.8) is 0 Å². The number of benzene rings is 1. The van der Waals surface area contributed by atoms with Crippen LogP contribution in [0.1, 0.15) is 33.3 Å². The van der Waals surface area contributed by atoms with Crippen molar-refractivity contribution in [2.75, 3.05) is 0 Å². The van der Waals surface area contributed by atoms with E-state index in [0.29, 0.717) is 0 Å². The van der Waals surface area contributed by atoms with Crippen molar-refractivity contribution in [1.29, 1.82) is 0 Å². The molecule has 94 valence electrons. The number of hydrogen-bond acceptors (Lipinski definition) is 2. The molecule has 0 aliphatic carbocycles. The minimum absolute atomic E-state index is 0.0623. The summed E-state index contributed by atoms with van der Waals surface area (Å²) in [6, 6.07) is 10.1. The highest BCUT2D eigenvalue weighted by atomic mass is 16.6. The van der Waals surface area contributed by atoms with Crippen LogP contribution in [0.3, 0.4) is 0 Å². The van der Waals surface area contributed by atoms with Gasteiger partial charge in [0.2, 0.25) is 0 Å². The minimum atomic E-state index is -0.448. The zero-order chi connectivity index (χ0) is 12.9. The molecule has 0 heterocycles. The Morgan fingerprint density at radius 3 is 2.41 bits per heavy atom. The van der Waals surface area contributed by atoms with Crippen LogP contribution in [0.25, 0.3) is 0 Å². The molecule has 0 aliphatic heterocycles. The summed E-state index contributed by atoms with van der Waals surface area (Å²) in [4.78, 5) is 11.5. The van der Waals surface area contributed by atoms with Crippen LogP contribution in [0.2, 0.25) is 0 Å². The van der Waals surface area contributed by atoms with E-state index in [1.807, 2.05) is 58.0 Å². The fourth-order valence-electron chi connectivity index (χ4n) is 1.53. The third-order valence-electron chi connectivity index (χ3n) is 2.15. The number of carbonyl (C=O) groups is 1. The zero-order valence-electron chi connectivity index (χ0n) is 11.0. The van der Waals surface area contributed by atoms with Crippen LogP contribution in [-0.4, -0.2) is 17.7 Å². The SMILES string of the molecule is CC(Cc1ccccc1)NC(=O)OC(C)(C)C. The third kappa shape index (κ3) is 5.95. The highest BCUT2D eigenvalue weighted by Gasteiger charge is 2.17. The van der Waals surface area contributed by atoms with Gasteiger partial charge in [-0.2, -0.15) is 0 Å². The Hall–Kier alpha value is -1.51. The maximum absolute atomic E-state index is 11.5. The van der Waals surface area contributed by atoms with Gasteiger partial charge in [-0.25, -0.2) is 4.79 Å². The number of ether oxygens (including phenoxy) is 1. The molecule has 1 N–H and O–H groups in total. The summed E-state index contributed by atoms with van der Waals surface area (Å²) in [6.07, 6.45) is 0.445. The van der Waals surface area contributed by atoms with Crippen molar-refractivity contribution < 1.29 is 9.53 Å². The number of nitrogens with one attached hydrogen (secondary N) is 1. The van der Waals surface area contributed by atoms with Gasteiger partial charge in [-0.05, 0) is 39.7 Å². The number of hydrogen-bond donors (Lipinski definition) is 1. The molecule has 0 radical (unpaired) electrons. The second kappa shape index (κ2) is 5.71. The molecule has 1 atom stereocenters. The maximum atomic E-state index is 11.5. The molecule has 17 heavy (non-hydrogen) atoms. The van der Waals surface area contributed by atoms with E-state index in [1.54, 1.807) is 0 Å². The maximum Gasteiger partial charge on any atom is 0.407 e. The van der Waals surface area contributed by atoms with Crippen molar-refractivity contribution in [3.8, 4) is 0 Å². The topological polar surface area (TPSA) is 38.3 Å². The Kier molecular flexibility index (Phi) is 4.55. The first kappa shape index (κ1) is 13.6. The van der Waals surface area contributed by atoms with Gasteiger partial charge in [-0.15, -0.1) is 0 Å². The smallest absolute Gasteiger partial charge is 0.407 e. The first-order chi connectivity index (χ1) is 7.87. The quantitative estimate of drug-likeness (QED) is 0.874. The van der Waals surface area contributed by atoms with Crippen molar-refractivity contribution in [3.05, 3.63) is 35.9 Å². The fourth-order valence-corrected chi connectivity index (χ4v) is 1.53. The van der Waals surface area contributed by atoms with E-state index in [9.17, 15) is 4.79 Å². The lowest BCUT2D eigenvalue weighted by Crippen LogP contribution is -2.38. The van der Waals surface area contributed by atoms with E-state index in [-0.39, 0.29) is 12.1 Å². The Morgan fingerprint density at radius 1 is 1.29 bits per heavy atom. The first-order valence-electron chi connectivity index (χ1n) is 5.90. The van der Waals surface area contributed by atoms with Crippen molar-refractivity contribution in [2.45, 2.75) is 45.8 Å². The molecule has 0 aromatic heterocycles. The summed E-state index contributed by atoms with van der Waals surface area (Å²) in [5, 5.41) is 2.82. The van der Waals surface area contributed by atoms with E-state index in [0.717, 1.165) is 6.42 Å². The van der Waals surface area contributed by atoms with Gasteiger partial charge in [0, 0.05) is 6.04 Å². The molecular formula is C14H21NO2. The molecule has 0 fully saturated rings. The number of amides is 1. The highest BCUT2D eigenvalue weighted by molar-refractivity contribution is 5.68. The molecule has 0 aliphatic rings. The Labute approximate surface area is 103 Å². The van der Waals surface area contributed by atoms with E-state index in [4.69, 9.17) is 4.74 Å². The lowest BCUT2D eigenvalue weighted by molar-refractivity contribution is 0.0508. The van der Waals surface area contributed by atoms with Crippen LogP contribution >= 0.6 is 0 Å². The minimum Gasteiger partial charge on any atom is -0.444 e. The lowest BCUT2D eigenvalue weighted by Gasteiger charge is -2.22. The van der Waals surface area contributed by atoms with Crippen LogP contribution in [0, 0.1) is 0 Å². The molecular weight excluding hydrogens is 214 g/mol. The largest absolute Gasteiger partial charge is 0.444 e. The van der Waals surface area contributed by atoms with Crippen LogP contribution in [-0.2, 0) is 11.2 Å². The van der Waals surface area contributed by atoms with E-state index < -0.39 is 5.60 Å². The van der Waals surface area contributed by atoms with Gasteiger partial charge in [0.1, 0.15) is 5.60 Å². The number of carbonyl (C=O) groups excluding carboxylic acids is 1. The standard InChI is InChI=1S/C14H21NO2/c1-11(10-12-8-6-5-7-9-12)15-13(16)17-14(2,3)4/h5-9,11H,10H2,1-4H3,(H,15,16). The summed E-state index contributed by atoms with van der Waals surface area (Å²) < 4.78 is 5.20. The fraction of sp³-hybridized carbons (Fsp3) is 0.500. The van der Waals surface area contributed by atoms with Gasteiger partial charge >= 0.3 is 6.09 Å². The average Bonchev–Trinajstić information content (AvgIpc) is 2.15. The Balaban J connectivity index is 2.40. The molecule has 3 nitrogen and oxygen atoms in total. The van der Waals surface area contributed by atoms with E-state index in [2.05, 4.69) is 5.32 Å². The Morgan fingerprint density at radius 2 is 1.88 bits per heavy atom. The first-order valence-corrected chi connectivity index (χ1v) is 5.90. The summed E-state index contributed by atoms with van der Waals surface area (Å²) >= 11 is 0. The molecule has 1 aromatic rings. The Bertz CT molecular complexity index is 354. The highest BCUT2D eigenvalue weighted by Crippen LogP contribution is 2.08. The molecule has 1 unspecified atom stereocenters. The van der Waals surface area contributed by atoms with Crippen LogP contribution in [0.4, 0.5) is 4.79 Å². The summed E-state index contributed by atoms with van der Waals surface area (Å²) in [6.45, 7) is 7.54. The predicted octanol–water partition coefficient (Wildman–Crippen LogP) is 3.14. The van der Waals surface area contributed by atoms with Gasteiger partial charge in [0.15, 0.2) is 0 Å². The molecule has 0 saturated carbocycles. The van der Waals surface area contributed by atoms with E-state index >= 15 is 0 Å². The van der Waals surface area contributed by atoms with Gasteiger partial charge in [-0.1, -0.05) is 30.3 Å². The zero-order valence-corrected chi connectivity index (χ0v) is 11.0. The molecule has 1 aromatic carbocycles. The third-order valence-corrected chi connectivity index (χ3v) is 2.15. The monoisotopic (exact) mass is 235 g/mol. The van der Waals surface area contributed by atoms with Crippen LogP contribution in [0.5, 0.6) is 0 Å². The average molecular weight is 235 g/mol. The van der Waals surface area contributed by atoms with Crippen LogP contribution < -0.4 is 5.32 Å². The van der Waals surface area contributed by atoms with Gasteiger partial charge < -0.3 is 10.1 Å². The van der Waals surface area contributed by atoms with Gasteiger partial charge in [-0.3, -0.25) is 0 Å². The second-order valence-electron chi connectivity index (χ2n) is 5.24. The molecule has 3 heteroatoms. The second-order valence-corrected chi connectivity index (χ2v) is 5.24. The molecule has 0 bridgehead atoms. The van der Waals surface area contributed by atoms with Crippen molar-refractivity contribution in [2.24, 2.45) is 0 Å². The molecule has 0 saturated heterocycles. The van der Waals surface area contributed by atoms with Crippen molar-refractivity contribution in [1.82, 2.24) is 5.32 Å². The molecule has 0 spiro atoms. The normalized spacial score (nSPS) is 12.9.